The summed E-state index contributed by atoms with van der Waals surface area (Å²) in [6, 6.07) is 5.73. The molecule has 11 nitrogen and oxygen atoms in total. The van der Waals surface area contributed by atoms with E-state index < -0.39 is 0 Å². The summed E-state index contributed by atoms with van der Waals surface area (Å²) in [5.41, 5.74) is 2.42. The predicted octanol–water partition coefficient (Wildman–Crippen LogP) is 3.40. The highest BCUT2D eigenvalue weighted by Crippen LogP contribution is 2.27. The molecule has 39 heavy (non-hydrogen) atoms. The lowest BCUT2D eigenvalue weighted by Gasteiger charge is -2.37. The Morgan fingerprint density at radius 2 is 1.90 bits per heavy atom. The molecule has 11 heteroatoms. The van der Waals surface area contributed by atoms with E-state index in [9.17, 15) is 14.4 Å². The Morgan fingerprint density at radius 3 is 2.51 bits per heavy atom. The molecule has 3 rings (SSSR count). The zero-order valence-corrected chi connectivity index (χ0v) is 24.0. The molecule has 214 valence electrons. The van der Waals surface area contributed by atoms with Crippen LogP contribution < -0.4 is 10.2 Å². The molecule has 0 bridgehead atoms. The topological polar surface area (TPSA) is 121 Å². The minimum absolute atomic E-state index is 0.000136. The van der Waals surface area contributed by atoms with Crippen LogP contribution in [-0.4, -0.2) is 90.8 Å². The molecule has 2 heterocycles. The first kappa shape index (κ1) is 29.9. The van der Waals surface area contributed by atoms with Gasteiger partial charge in [0.2, 0.25) is 23.5 Å². The lowest BCUT2D eigenvalue weighted by Crippen LogP contribution is -2.50. The summed E-state index contributed by atoms with van der Waals surface area (Å²) < 4.78 is 9.97. The van der Waals surface area contributed by atoms with E-state index in [0.717, 1.165) is 29.7 Å². The number of anilines is 1. The van der Waals surface area contributed by atoms with Crippen LogP contribution in [0.25, 0.3) is 11.4 Å². The zero-order valence-electron chi connectivity index (χ0n) is 24.0. The van der Waals surface area contributed by atoms with Crippen LogP contribution in [0.15, 0.2) is 22.7 Å². The van der Waals surface area contributed by atoms with Crippen molar-refractivity contribution in [2.45, 2.75) is 59.4 Å². The Bertz CT molecular complexity index is 1130. The van der Waals surface area contributed by atoms with Crippen LogP contribution in [0.2, 0.25) is 0 Å². The van der Waals surface area contributed by atoms with E-state index in [4.69, 9.17) is 9.26 Å². The first-order valence-electron chi connectivity index (χ1n) is 13.6. The number of ether oxygens (including phenoxy) is 1. The van der Waals surface area contributed by atoms with Crippen molar-refractivity contribution in [2.24, 2.45) is 5.92 Å². The average molecular weight is 543 g/mol. The average Bonchev–Trinajstić information content (AvgIpc) is 3.36. The number of rotatable bonds is 11. The number of nitrogens with zero attached hydrogens (tertiary/aromatic N) is 5. The van der Waals surface area contributed by atoms with Crippen molar-refractivity contribution in [3.8, 4) is 11.4 Å². The maximum atomic E-state index is 13.5. The van der Waals surface area contributed by atoms with Crippen LogP contribution in [0.4, 0.5) is 10.5 Å². The number of aryl methyl sites for hydroxylation is 2. The van der Waals surface area contributed by atoms with Gasteiger partial charge in [-0.3, -0.25) is 9.59 Å². The molecule has 0 saturated carbocycles. The SMILES string of the molecule is COC(=O)N1CCC(N(C)C(=O)CN(CC(=O)NCCCC(C)C)c2cc(-c3noc(C)n3)ccc2C)CC1. The number of likely N-dealkylation sites (tertiary alicyclic amines) is 1. The molecule has 0 radical (unpaired) electrons. The van der Waals surface area contributed by atoms with Crippen molar-refractivity contribution in [2.75, 3.05) is 51.8 Å². The summed E-state index contributed by atoms with van der Waals surface area (Å²) >= 11 is 0. The molecule has 0 unspecified atom stereocenters. The van der Waals surface area contributed by atoms with Crippen LogP contribution in [-0.2, 0) is 14.3 Å². The van der Waals surface area contributed by atoms with Crippen molar-refractivity contribution >= 4 is 23.6 Å². The molecule has 1 aromatic heterocycles. The van der Waals surface area contributed by atoms with E-state index in [1.807, 2.05) is 30.0 Å². The Hall–Kier alpha value is -3.63. The number of benzene rings is 1. The Labute approximate surface area is 230 Å². The van der Waals surface area contributed by atoms with Crippen molar-refractivity contribution in [1.82, 2.24) is 25.3 Å². The molecule has 0 aliphatic carbocycles. The smallest absolute Gasteiger partial charge is 0.409 e. The third-order valence-electron chi connectivity index (χ3n) is 7.12. The molecular weight excluding hydrogens is 500 g/mol. The summed E-state index contributed by atoms with van der Waals surface area (Å²) in [6.45, 7) is 9.72. The predicted molar refractivity (Wildman–Crippen MR) is 148 cm³/mol. The maximum absolute atomic E-state index is 13.5. The number of nitrogens with one attached hydrogen (secondary N) is 1. The van der Waals surface area contributed by atoms with Crippen molar-refractivity contribution in [3.05, 3.63) is 29.7 Å². The number of methoxy groups -OCH3 is 1. The van der Waals surface area contributed by atoms with E-state index >= 15 is 0 Å². The second-order valence-corrected chi connectivity index (χ2v) is 10.6. The van der Waals surface area contributed by atoms with Gasteiger partial charge in [-0.2, -0.15) is 4.98 Å². The number of aromatic nitrogens is 2. The van der Waals surface area contributed by atoms with Gasteiger partial charge < -0.3 is 29.3 Å². The number of hydrogen-bond donors (Lipinski definition) is 1. The normalized spacial score (nSPS) is 13.9. The largest absolute Gasteiger partial charge is 0.453 e. The van der Waals surface area contributed by atoms with E-state index in [1.165, 1.54) is 7.11 Å². The van der Waals surface area contributed by atoms with Gasteiger partial charge in [-0.1, -0.05) is 31.1 Å². The number of amides is 3. The summed E-state index contributed by atoms with van der Waals surface area (Å²) in [5, 5.41) is 7.02. The summed E-state index contributed by atoms with van der Waals surface area (Å²) in [7, 11) is 3.16. The van der Waals surface area contributed by atoms with E-state index in [-0.39, 0.29) is 37.0 Å². The fraction of sp³-hybridized carbons (Fsp3) is 0.607. The number of likely N-dealkylation sites (N-methyl/N-ethyl adjacent to an activating group) is 1. The molecule has 0 atom stereocenters. The van der Waals surface area contributed by atoms with Gasteiger partial charge in [0.1, 0.15) is 0 Å². The fourth-order valence-corrected chi connectivity index (χ4v) is 4.74. The van der Waals surface area contributed by atoms with E-state index in [0.29, 0.717) is 50.1 Å². The van der Waals surface area contributed by atoms with Crippen molar-refractivity contribution in [1.29, 1.82) is 0 Å². The molecule has 2 aromatic rings. The highest BCUT2D eigenvalue weighted by Gasteiger charge is 2.29. The molecule has 1 aromatic carbocycles. The summed E-state index contributed by atoms with van der Waals surface area (Å²) in [4.78, 5) is 47.8. The van der Waals surface area contributed by atoms with E-state index in [2.05, 4.69) is 29.3 Å². The van der Waals surface area contributed by atoms with Crippen molar-refractivity contribution < 1.29 is 23.6 Å². The van der Waals surface area contributed by atoms with Crippen LogP contribution in [0.3, 0.4) is 0 Å². The third-order valence-corrected chi connectivity index (χ3v) is 7.12. The monoisotopic (exact) mass is 542 g/mol. The lowest BCUT2D eigenvalue weighted by atomic mass is 10.0. The number of hydrogen-bond acceptors (Lipinski definition) is 8. The number of carbonyl (C=O) groups is 3. The van der Waals surface area contributed by atoms with Crippen LogP contribution in [0, 0.1) is 19.8 Å². The van der Waals surface area contributed by atoms with Crippen LogP contribution in [0.5, 0.6) is 0 Å². The molecule has 3 amide bonds. The van der Waals surface area contributed by atoms with Gasteiger partial charge in [0.05, 0.1) is 20.2 Å². The molecule has 1 saturated heterocycles. The second kappa shape index (κ2) is 14.0. The number of piperidine rings is 1. The molecule has 1 aliphatic rings. The summed E-state index contributed by atoms with van der Waals surface area (Å²) in [5.74, 6) is 1.25. The Morgan fingerprint density at radius 1 is 1.18 bits per heavy atom. The first-order valence-corrected chi connectivity index (χ1v) is 13.6. The second-order valence-electron chi connectivity index (χ2n) is 10.6. The molecule has 1 N–H and O–H groups in total. The summed E-state index contributed by atoms with van der Waals surface area (Å²) in [6.07, 6.45) is 2.92. The maximum Gasteiger partial charge on any atom is 0.409 e. The molecule has 1 aliphatic heterocycles. The quantitative estimate of drug-likeness (QED) is 0.429. The highest BCUT2D eigenvalue weighted by molar-refractivity contribution is 5.87. The molecular formula is C28H42N6O5. The van der Waals surface area contributed by atoms with Gasteiger partial charge in [0.25, 0.3) is 0 Å². The van der Waals surface area contributed by atoms with Crippen molar-refractivity contribution in [3.63, 3.8) is 0 Å². The minimum atomic E-state index is -0.347. The fourth-order valence-electron chi connectivity index (χ4n) is 4.74. The van der Waals surface area contributed by atoms with Gasteiger partial charge in [-0.05, 0) is 50.2 Å². The van der Waals surface area contributed by atoms with Crippen LogP contribution in [0.1, 0.15) is 51.0 Å². The Kier molecular flexibility index (Phi) is 10.7. The standard InChI is InChI=1S/C28H42N6O5/c1-19(2)8-7-13-29-25(35)17-34(24-16-22(10-9-20(24)3)27-30-21(4)39-31-27)18-26(36)32(5)23-11-14-33(15-12-23)28(37)38-6/h9-10,16,19,23H,7-8,11-15,17-18H2,1-6H3,(H,29,35). The van der Waals surface area contributed by atoms with Gasteiger partial charge in [0, 0.05) is 50.9 Å². The highest BCUT2D eigenvalue weighted by atomic mass is 16.5. The minimum Gasteiger partial charge on any atom is -0.453 e. The van der Waals surface area contributed by atoms with E-state index in [1.54, 1.807) is 23.8 Å². The first-order chi connectivity index (χ1) is 18.6. The van der Waals surface area contributed by atoms with Gasteiger partial charge in [-0.25, -0.2) is 4.79 Å². The molecule has 0 spiro atoms. The third kappa shape index (κ3) is 8.43. The van der Waals surface area contributed by atoms with Gasteiger partial charge in [-0.15, -0.1) is 0 Å². The van der Waals surface area contributed by atoms with Gasteiger partial charge >= 0.3 is 6.09 Å². The number of carbonyl (C=O) groups excluding carboxylic acids is 3. The van der Waals surface area contributed by atoms with Gasteiger partial charge in [0.15, 0.2) is 0 Å². The zero-order chi connectivity index (χ0) is 28.5. The molecule has 1 fully saturated rings. The lowest BCUT2D eigenvalue weighted by molar-refractivity contribution is -0.131. The Balaban J connectivity index is 1.76. The van der Waals surface area contributed by atoms with Crippen LogP contribution >= 0.6 is 0 Å².